The average molecular weight is 567 g/mol. The number of carbonyl (C=O) groups is 2. The molecule has 0 spiro atoms. The number of benzene rings is 2. The van der Waals surface area contributed by atoms with Gasteiger partial charge in [-0.25, -0.2) is 9.48 Å². The van der Waals surface area contributed by atoms with Crippen LogP contribution in [-0.2, 0) is 12.6 Å². The molecule has 9 nitrogen and oxygen atoms in total. The zero-order chi connectivity index (χ0) is 29.3. The van der Waals surface area contributed by atoms with Crippen LogP contribution in [0.1, 0.15) is 56.6 Å². The lowest BCUT2D eigenvalue weighted by Gasteiger charge is -2.26. The van der Waals surface area contributed by atoms with Crippen molar-refractivity contribution in [1.82, 2.24) is 14.8 Å². The zero-order valence-corrected chi connectivity index (χ0v) is 22.1. The molecule has 0 fully saturated rings. The number of aromatic carboxylic acids is 1. The van der Waals surface area contributed by atoms with E-state index in [2.05, 4.69) is 10.1 Å². The Labute approximate surface area is 232 Å². The highest BCUT2D eigenvalue weighted by atomic mass is 19.4. The summed E-state index contributed by atoms with van der Waals surface area (Å²) >= 11 is 0. The van der Waals surface area contributed by atoms with Crippen molar-refractivity contribution in [3.05, 3.63) is 95.1 Å². The summed E-state index contributed by atoms with van der Waals surface area (Å²) in [7, 11) is 3.04. The number of alkyl halides is 3. The molecule has 0 aliphatic heterocycles. The Morgan fingerprint density at radius 1 is 1.05 bits per heavy atom. The molecule has 2 aromatic carbocycles. The summed E-state index contributed by atoms with van der Waals surface area (Å²) in [5.41, 5.74) is 0.284. The number of methoxy groups -OCH3 is 1. The Bertz CT molecular complexity index is 1600. The molecule has 1 N–H and O–H groups in total. The van der Waals surface area contributed by atoms with Crippen molar-refractivity contribution < 1.29 is 37.3 Å². The number of hydrogen-bond acceptors (Lipinski definition) is 6. The number of amides is 1. The van der Waals surface area contributed by atoms with E-state index in [4.69, 9.17) is 14.6 Å². The minimum atomic E-state index is -4.70. The molecule has 41 heavy (non-hydrogen) atoms. The van der Waals surface area contributed by atoms with E-state index < -0.39 is 29.9 Å². The van der Waals surface area contributed by atoms with Gasteiger partial charge in [-0.15, -0.1) is 0 Å². The Balaban J connectivity index is 1.53. The number of ether oxygens (including phenoxy) is 2. The number of halogens is 3. The minimum Gasteiger partial charge on any atom is -0.495 e. The van der Waals surface area contributed by atoms with Gasteiger partial charge in [-0.05, 0) is 61.7 Å². The topological polar surface area (TPSA) is 107 Å². The van der Waals surface area contributed by atoms with E-state index in [1.54, 1.807) is 31.3 Å². The van der Waals surface area contributed by atoms with Crippen molar-refractivity contribution in [1.29, 1.82) is 0 Å². The Morgan fingerprint density at radius 3 is 2.49 bits per heavy atom. The number of carboxylic acid groups (broad SMARTS) is 1. The van der Waals surface area contributed by atoms with Crippen molar-refractivity contribution in [3.8, 4) is 17.2 Å². The molecule has 12 heteroatoms. The van der Waals surface area contributed by atoms with Gasteiger partial charge in [0.25, 0.3) is 5.91 Å². The summed E-state index contributed by atoms with van der Waals surface area (Å²) < 4.78 is 54.7. The fourth-order valence-electron chi connectivity index (χ4n) is 4.81. The highest BCUT2D eigenvalue weighted by Gasteiger charge is 2.42. The van der Waals surface area contributed by atoms with Crippen LogP contribution in [0.3, 0.4) is 0 Å². The lowest BCUT2D eigenvalue weighted by Crippen LogP contribution is -2.26. The fraction of sp³-hybridized carbons (Fsp3) is 0.241. The van der Waals surface area contributed by atoms with Crippen LogP contribution in [-0.4, -0.2) is 45.9 Å². The first-order valence-electron chi connectivity index (χ1n) is 12.6. The summed E-state index contributed by atoms with van der Waals surface area (Å²) in [5.74, 6) is -0.744. The Kier molecular flexibility index (Phi) is 7.40. The number of nitrogens with zero attached hydrogens (tertiary/aromatic N) is 4. The molecule has 0 radical (unpaired) electrons. The third-order valence-electron chi connectivity index (χ3n) is 6.83. The first kappa shape index (κ1) is 27.7. The lowest BCUT2D eigenvalue weighted by atomic mass is 9.92. The van der Waals surface area contributed by atoms with Crippen molar-refractivity contribution in [2.75, 3.05) is 19.1 Å². The summed E-state index contributed by atoms with van der Waals surface area (Å²) in [5, 5.41) is 13.1. The predicted octanol–water partition coefficient (Wildman–Crippen LogP) is 5.73. The standard InChI is InChI=1S/C29H25F3N4O5/c1-35(20-14-22(40-2)16-33-15-20)27(37)18-5-3-6-19(13-18)36-25-23(26(34-36)29(30,31)32)7-4-8-24(25)41-21-11-9-17(10-12-21)28(38)39/h3,5-6,9-16,24H,4,7-8H2,1-2H3,(H,38,39). The van der Waals surface area contributed by atoms with E-state index in [-0.39, 0.29) is 34.5 Å². The fourth-order valence-corrected chi connectivity index (χ4v) is 4.81. The zero-order valence-electron chi connectivity index (χ0n) is 22.1. The van der Waals surface area contributed by atoms with Gasteiger partial charge in [-0.3, -0.25) is 9.78 Å². The van der Waals surface area contributed by atoms with E-state index in [1.165, 1.54) is 59.4 Å². The molecule has 2 heterocycles. The van der Waals surface area contributed by atoms with Crippen molar-refractivity contribution >= 4 is 17.6 Å². The van der Waals surface area contributed by atoms with Gasteiger partial charge in [0.15, 0.2) is 5.69 Å². The second-order valence-electron chi connectivity index (χ2n) is 9.45. The first-order chi connectivity index (χ1) is 19.6. The molecule has 0 saturated heterocycles. The summed E-state index contributed by atoms with van der Waals surface area (Å²) in [6.45, 7) is 0. The minimum absolute atomic E-state index is 0.0345. The lowest BCUT2D eigenvalue weighted by molar-refractivity contribution is -0.142. The maximum Gasteiger partial charge on any atom is 0.435 e. The molecule has 1 unspecified atom stereocenters. The van der Waals surface area contributed by atoms with E-state index in [1.807, 2.05) is 0 Å². The number of rotatable bonds is 7. The third-order valence-corrected chi connectivity index (χ3v) is 6.83. The van der Waals surface area contributed by atoms with Crippen LogP contribution < -0.4 is 14.4 Å². The van der Waals surface area contributed by atoms with Gasteiger partial charge < -0.3 is 19.5 Å². The number of carboxylic acids is 1. The predicted molar refractivity (Wildman–Crippen MR) is 142 cm³/mol. The molecule has 1 amide bonds. The second-order valence-corrected chi connectivity index (χ2v) is 9.45. The Hall–Kier alpha value is -4.87. The molecule has 1 atom stereocenters. The molecular weight excluding hydrogens is 541 g/mol. The largest absolute Gasteiger partial charge is 0.495 e. The molecule has 1 aliphatic carbocycles. The molecule has 2 aromatic heterocycles. The number of fused-ring (bicyclic) bond motifs is 1. The van der Waals surface area contributed by atoms with Gasteiger partial charge >= 0.3 is 12.1 Å². The van der Waals surface area contributed by atoms with Crippen LogP contribution in [0.5, 0.6) is 11.5 Å². The summed E-state index contributed by atoms with van der Waals surface area (Å²) in [4.78, 5) is 30.0. The maximum absolute atomic E-state index is 14.1. The highest BCUT2D eigenvalue weighted by Crippen LogP contribution is 2.42. The molecule has 0 bridgehead atoms. The van der Waals surface area contributed by atoms with E-state index in [0.29, 0.717) is 30.0 Å². The van der Waals surface area contributed by atoms with Gasteiger partial charge in [0, 0.05) is 24.2 Å². The number of aromatic nitrogens is 3. The van der Waals surface area contributed by atoms with Crippen LogP contribution >= 0.6 is 0 Å². The quantitative estimate of drug-likeness (QED) is 0.305. The smallest absolute Gasteiger partial charge is 0.435 e. The van der Waals surface area contributed by atoms with Crippen molar-refractivity contribution in [3.63, 3.8) is 0 Å². The first-order valence-corrected chi connectivity index (χ1v) is 12.6. The van der Waals surface area contributed by atoms with Crippen LogP contribution in [0, 0.1) is 0 Å². The third kappa shape index (κ3) is 5.58. The molecular formula is C29H25F3N4O5. The SMILES string of the molecule is COc1cncc(N(C)C(=O)c2cccc(-n3nc(C(F)(F)F)c4c3C(Oc3ccc(C(=O)O)cc3)CCC4)c2)c1. The molecule has 4 aromatic rings. The van der Waals surface area contributed by atoms with Gasteiger partial charge in [0.1, 0.15) is 17.6 Å². The molecule has 212 valence electrons. The highest BCUT2D eigenvalue weighted by molar-refractivity contribution is 6.06. The van der Waals surface area contributed by atoms with E-state index in [0.717, 1.165) is 0 Å². The van der Waals surface area contributed by atoms with E-state index in [9.17, 15) is 22.8 Å². The number of anilines is 1. The molecule has 5 rings (SSSR count). The van der Waals surface area contributed by atoms with Gasteiger partial charge in [0.05, 0.1) is 42.1 Å². The van der Waals surface area contributed by atoms with Gasteiger partial charge in [0.2, 0.25) is 0 Å². The van der Waals surface area contributed by atoms with Crippen LogP contribution in [0.25, 0.3) is 5.69 Å². The van der Waals surface area contributed by atoms with Crippen molar-refractivity contribution in [2.45, 2.75) is 31.5 Å². The number of carbonyl (C=O) groups excluding carboxylic acids is 1. The monoisotopic (exact) mass is 566 g/mol. The number of hydrogen-bond donors (Lipinski definition) is 1. The Morgan fingerprint density at radius 2 is 1.80 bits per heavy atom. The average Bonchev–Trinajstić information content (AvgIpc) is 3.38. The van der Waals surface area contributed by atoms with Gasteiger partial charge in [-0.1, -0.05) is 6.07 Å². The van der Waals surface area contributed by atoms with Crippen LogP contribution in [0.2, 0.25) is 0 Å². The van der Waals surface area contributed by atoms with Crippen LogP contribution in [0.15, 0.2) is 67.0 Å². The molecule has 1 aliphatic rings. The summed E-state index contributed by atoms with van der Waals surface area (Å²) in [6.07, 6.45) is -1.48. The van der Waals surface area contributed by atoms with E-state index >= 15 is 0 Å². The van der Waals surface area contributed by atoms with Crippen molar-refractivity contribution in [2.24, 2.45) is 0 Å². The maximum atomic E-state index is 14.1. The summed E-state index contributed by atoms with van der Waals surface area (Å²) in [6, 6.07) is 13.5. The normalized spacial score (nSPS) is 14.7. The number of pyridine rings is 1. The van der Waals surface area contributed by atoms with Gasteiger partial charge in [-0.2, -0.15) is 18.3 Å². The van der Waals surface area contributed by atoms with Crippen LogP contribution in [0.4, 0.5) is 18.9 Å². The second kappa shape index (κ2) is 11.0. The molecule has 0 saturated carbocycles.